The fourth-order valence-electron chi connectivity index (χ4n) is 2.62. The number of nitrogens with one attached hydrogen (secondary N) is 2. The van der Waals surface area contributed by atoms with Gasteiger partial charge >= 0.3 is 0 Å². The maximum atomic E-state index is 12.8. The van der Waals surface area contributed by atoms with E-state index in [4.69, 9.17) is 21.1 Å². The molecule has 3 rings (SSSR count). The van der Waals surface area contributed by atoms with E-state index in [1.807, 2.05) is 0 Å². The Kier molecular flexibility index (Phi) is 6.49. The molecule has 0 radical (unpaired) electrons. The number of halogens is 1. The first kappa shape index (κ1) is 21.5. The zero-order valence-corrected chi connectivity index (χ0v) is 17.8. The highest BCUT2D eigenvalue weighted by atomic mass is 35.5. The summed E-state index contributed by atoms with van der Waals surface area (Å²) in [6.45, 7) is 0. The van der Waals surface area contributed by atoms with E-state index in [1.54, 1.807) is 48.5 Å². The summed E-state index contributed by atoms with van der Waals surface area (Å²) in [7, 11) is -0.950. The molecule has 0 aliphatic carbocycles. The summed E-state index contributed by atoms with van der Waals surface area (Å²) in [6, 6.07) is 17.0. The van der Waals surface area contributed by atoms with Gasteiger partial charge in [0.05, 0.1) is 24.8 Å². The van der Waals surface area contributed by atoms with Crippen molar-refractivity contribution in [2.45, 2.75) is 4.90 Å². The number of ether oxygens (including phenoxy) is 2. The van der Waals surface area contributed by atoms with E-state index < -0.39 is 15.9 Å². The zero-order valence-electron chi connectivity index (χ0n) is 16.2. The molecule has 0 aliphatic rings. The second-order valence-electron chi connectivity index (χ2n) is 6.16. The molecule has 0 unspecified atom stereocenters. The zero-order chi connectivity index (χ0) is 21.7. The molecular weight excluding hydrogens is 428 g/mol. The van der Waals surface area contributed by atoms with Crippen LogP contribution in [0.3, 0.4) is 0 Å². The molecule has 2 N–H and O–H groups in total. The van der Waals surface area contributed by atoms with E-state index >= 15 is 0 Å². The molecule has 0 atom stereocenters. The average molecular weight is 447 g/mol. The minimum absolute atomic E-state index is 0.0366. The molecule has 7 nitrogen and oxygen atoms in total. The van der Waals surface area contributed by atoms with E-state index in [0.717, 1.165) is 0 Å². The molecule has 0 aliphatic heterocycles. The Morgan fingerprint density at radius 1 is 0.900 bits per heavy atom. The summed E-state index contributed by atoms with van der Waals surface area (Å²) in [6.07, 6.45) is 0. The molecule has 0 saturated carbocycles. The second-order valence-corrected chi connectivity index (χ2v) is 8.28. The van der Waals surface area contributed by atoms with Gasteiger partial charge in [-0.1, -0.05) is 11.6 Å². The third kappa shape index (κ3) is 5.03. The molecule has 9 heteroatoms. The van der Waals surface area contributed by atoms with Crippen LogP contribution in [0.5, 0.6) is 11.5 Å². The molecule has 3 aromatic carbocycles. The van der Waals surface area contributed by atoms with Gasteiger partial charge in [0.15, 0.2) is 0 Å². The highest BCUT2D eigenvalue weighted by Crippen LogP contribution is 2.29. The van der Waals surface area contributed by atoms with E-state index in [-0.39, 0.29) is 10.6 Å². The van der Waals surface area contributed by atoms with Crippen LogP contribution in [-0.2, 0) is 10.0 Å². The van der Waals surface area contributed by atoms with Crippen molar-refractivity contribution in [1.82, 2.24) is 0 Å². The molecule has 0 aromatic heterocycles. The summed E-state index contributed by atoms with van der Waals surface area (Å²) < 4.78 is 38.4. The Hall–Kier alpha value is -3.23. The normalized spacial score (nSPS) is 10.9. The van der Waals surface area contributed by atoms with E-state index in [2.05, 4.69) is 10.0 Å². The SMILES string of the molecule is COc1ccc(NS(=O)(=O)c2ccc(OC)c(NC(=O)c3ccc(Cl)cc3)c2)cc1. The molecule has 1 amide bonds. The van der Waals surface area contributed by atoms with E-state index in [0.29, 0.717) is 27.8 Å². The standard InChI is InChI=1S/C21H19ClN2O5S/c1-28-17-9-7-16(8-10-17)24-30(26,27)18-11-12-20(29-2)19(13-18)23-21(25)14-3-5-15(22)6-4-14/h3-13,24H,1-2H3,(H,23,25). The van der Waals surface area contributed by atoms with Gasteiger partial charge in [0.2, 0.25) is 0 Å². The lowest BCUT2D eigenvalue weighted by Crippen LogP contribution is -2.15. The summed E-state index contributed by atoms with van der Waals surface area (Å²) >= 11 is 5.85. The Morgan fingerprint density at radius 2 is 1.57 bits per heavy atom. The first-order valence-electron chi connectivity index (χ1n) is 8.74. The number of carbonyl (C=O) groups excluding carboxylic acids is 1. The second kappa shape index (κ2) is 9.06. The van der Waals surface area contributed by atoms with Crippen LogP contribution in [0.25, 0.3) is 0 Å². The molecule has 0 bridgehead atoms. The highest BCUT2D eigenvalue weighted by Gasteiger charge is 2.18. The molecule has 30 heavy (non-hydrogen) atoms. The maximum absolute atomic E-state index is 12.8. The maximum Gasteiger partial charge on any atom is 0.261 e. The van der Waals surface area contributed by atoms with E-state index in [9.17, 15) is 13.2 Å². The Labute approximate surface area is 179 Å². The number of rotatable bonds is 7. The van der Waals surface area contributed by atoms with Crippen LogP contribution < -0.4 is 19.5 Å². The lowest BCUT2D eigenvalue weighted by molar-refractivity contribution is 0.102. The van der Waals surface area contributed by atoms with Crippen molar-refractivity contribution in [3.8, 4) is 11.5 Å². The quantitative estimate of drug-likeness (QED) is 0.560. The summed E-state index contributed by atoms with van der Waals surface area (Å²) in [5.74, 6) is 0.498. The number of amides is 1. The van der Waals surface area contributed by atoms with Gasteiger partial charge in [0.1, 0.15) is 11.5 Å². The predicted molar refractivity (Wildman–Crippen MR) is 116 cm³/mol. The minimum atomic E-state index is -3.90. The molecule has 0 fully saturated rings. The van der Waals surface area contributed by atoms with Gasteiger partial charge < -0.3 is 14.8 Å². The summed E-state index contributed by atoms with van der Waals surface area (Å²) in [5.41, 5.74) is 0.958. The number of benzene rings is 3. The first-order chi connectivity index (χ1) is 14.3. The molecular formula is C21H19ClN2O5S. The van der Waals surface area contributed by atoms with Crippen molar-refractivity contribution in [2.75, 3.05) is 24.3 Å². The Morgan fingerprint density at radius 3 is 2.17 bits per heavy atom. The summed E-state index contributed by atoms with van der Waals surface area (Å²) in [4.78, 5) is 12.5. The van der Waals surface area contributed by atoms with Gasteiger partial charge in [0, 0.05) is 16.3 Å². The first-order valence-corrected chi connectivity index (χ1v) is 10.6. The van der Waals surface area contributed by atoms with Crippen molar-refractivity contribution in [1.29, 1.82) is 0 Å². The van der Waals surface area contributed by atoms with Crippen molar-refractivity contribution < 1.29 is 22.7 Å². The smallest absolute Gasteiger partial charge is 0.261 e. The van der Waals surface area contributed by atoms with E-state index in [1.165, 1.54) is 32.4 Å². The molecule has 156 valence electrons. The third-order valence-corrected chi connectivity index (χ3v) is 5.81. The molecule has 0 saturated heterocycles. The van der Waals surface area contributed by atoms with Gasteiger partial charge in [-0.3, -0.25) is 9.52 Å². The van der Waals surface area contributed by atoms with Gasteiger partial charge in [-0.05, 0) is 66.7 Å². The fourth-order valence-corrected chi connectivity index (χ4v) is 3.83. The number of sulfonamides is 1. The van der Waals surface area contributed by atoms with Crippen LogP contribution in [0.4, 0.5) is 11.4 Å². The number of hydrogen-bond acceptors (Lipinski definition) is 5. The number of hydrogen-bond donors (Lipinski definition) is 2. The van der Waals surface area contributed by atoms with Crippen LogP contribution in [0, 0.1) is 0 Å². The highest BCUT2D eigenvalue weighted by molar-refractivity contribution is 7.92. The molecule has 3 aromatic rings. The summed E-state index contributed by atoms with van der Waals surface area (Å²) in [5, 5.41) is 3.17. The lowest BCUT2D eigenvalue weighted by atomic mass is 10.2. The Balaban J connectivity index is 1.86. The average Bonchev–Trinajstić information content (AvgIpc) is 2.74. The van der Waals surface area contributed by atoms with Crippen LogP contribution in [0.15, 0.2) is 71.6 Å². The fraction of sp³-hybridized carbons (Fsp3) is 0.0952. The van der Waals surface area contributed by atoms with Crippen LogP contribution in [0.2, 0.25) is 5.02 Å². The van der Waals surface area contributed by atoms with Crippen molar-refractivity contribution >= 4 is 38.9 Å². The van der Waals surface area contributed by atoms with Crippen molar-refractivity contribution in [2.24, 2.45) is 0 Å². The number of methoxy groups -OCH3 is 2. The predicted octanol–water partition coefficient (Wildman–Crippen LogP) is 4.41. The number of carbonyl (C=O) groups is 1. The van der Waals surface area contributed by atoms with Gasteiger partial charge in [-0.15, -0.1) is 0 Å². The van der Waals surface area contributed by atoms with Crippen molar-refractivity contribution in [3.05, 3.63) is 77.3 Å². The van der Waals surface area contributed by atoms with Gasteiger partial charge in [-0.25, -0.2) is 8.42 Å². The third-order valence-electron chi connectivity index (χ3n) is 4.18. The van der Waals surface area contributed by atoms with Crippen molar-refractivity contribution in [3.63, 3.8) is 0 Å². The largest absolute Gasteiger partial charge is 0.497 e. The lowest BCUT2D eigenvalue weighted by Gasteiger charge is -2.14. The van der Waals surface area contributed by atoms with Crippen LogP contribution in [0.1, 0.15) is 10.4 Å². The molecule has 0 spiro atoms. The molecule has 0 heterocycles. The Bertz CT molecular complexity index is 1150. The topological polar surface area (TPSA) is 93.7 Å². The van der Waals surface area contributed by atoms with Crippen LogP contribution >= 0.6 is 11.6 Å². The monoisotopic (exact) mass is 446 g/mol. The van der Waals surface area contributed by atoms with Gasteiger partial charge in [0.25, 0.3) is 15.9 Å². The minimum Gasteiger partial charge on any atom is -0.497 e. The van der Waals surface area contributed by atoms with Crippen LogP contribution in [-0.4, -0.2) is 28.5 Å². The number of anilines is 2. The van der Waals surface area contributed by atoms with Gasteiger partial charge in [-0.2, -0.15) is 0 Å².